The van der Waals surface area contributed by atoms with Gasteiger partial charge in [0.25, 0.3) is 10.0 Å². The first-order valence-electron chi connectivity index (χ1n) is 10.4. The molecule has 0 unspecified atom stereocenters. The lowest BCUT2D eigenvalue weighted by atomic mass is 10.2. The number of nitrogens with zero attached hydrogens (tertiary/aromatic N) is 3. The van der Waals surface area contributed by atoms with Gasteiger partial charge in [0.05, 0.1) is 43.9 Å². The van der Waals surface area contributed by atoms with Crippen molar-refractivity contribution in [2.24, 2.45) is 0 Å². The quantitative estimate of drug-likeness (QED) is 0.537. The van der Waals surface area contributed by atoms with Crippen LogP contribution in [0.4, 0.5) is 5.69 Å². The average Bonchev–Trinajstić information content (AvgIpc) is 3.38. The Morgan fingerprint density at radius 2 is 1.94 bits per heavy atom. The van der Waals surface area contributed by atoms with Crippen molar-refractivity contribution in [3.8, 4) is 5.75 Å². The molecule has 3 heterocycles. The van der Waals surface area contributed by atoms with E-state index >= 15 is 0 Å². The van der Waals surface area contributed by atoms with Gasteiger partial charge in [0.2, 0.25) is 0 Å². The smallest absolute Gasteiger partial charge is 0.268 e. The largest absolute Gasteiger partial charge is 0.497 e. The zero-order valence-electron chi connectivity index (χ0n) is 18.5. The summed E-state index contributed by atoms with van der Waals surface area (Å²) in [5, 5.41) is 9.00. The molecule has 1 N–H and O–H groups in total. The third kappa shape index (κ3) is 4.83. The van der Waals surface area contributed by atoms with Crippen LogP contribution in [0.2, 0.25) is 0 Å². The van der Waals surface area contributed by atoms with Crippen molar-refractivity contribution >= 4 is 27.0 Å². The third-order valence-corrected chi connectivity index (χ3v) is 8.49. The summed E-state index contributed by atoms with van der Waals surface area (Å²) < 4.78 is 39.6. The summed E-state index contributed by atoms with van der Waals surface area (Å²) in [6.07, 6.45) is 0. The number of benzene rings is 1. The third-order valence-electron chi connectivity index (χ3n) is 5.49. The lowest BCUT2D eigenvalue weighted by Gasteiger charge is -2.26. The van der Waals surface area contributed by atoms with Gasteiger partial charge in [-0.2, -0.15) is 5.10 Å². The predicted octanol–water partition coefficient (Wildman–Crippen LogP) is 3.32. The molecule has 0 amide bonds. The number of aromatic amines is 1. The van der Waals surface area contributed by atoms with Crippen molar-refractivity contribution in [3.05, 3.63) is 57.5 Å². The summed E-state index contributed by atoms with van der Waals surface area (Å²) in [7, 11) is -2.24. The van der Waals surface area contributed by atoms with E-state index in [4.69, 9.17) is 9.47 Å². The highest BCUT2D eigenvalue weighted by Crippen LogP contribution is 2.31. The molecule has 4 rings (SSSR count). The molecular formula is C22H28N4O4S2. The number of hydrogen-bond acceptors (Lipinski definition) is 7. The molecule has 8 nitrogen and oxygen atoms in total. The topological polar surface area (TPSA) is 87.8 Å². The molecule has 3 aromatic rings. The number of ether oxygens (including phenoxy) is 2. The Morgan fingerprint density at radius 3 is 2.56 bits per heavy atom. The molecule has 1 aliphatic heterocycles. The predicted molar refractivity (Wildman–Crippen MR) is 125 cm³/mol. The maximum absolute atomic E-state index is 13.7. The number of methoxy groups -OCH3 is 1. The van der Waals surface area contributed by atoms with Gasteiger partial charge >= 0.3 is 0 Å². The molecule has 1 aliphatic rings. The molecule has 0 radical (unpaired) electrons. The highest BCUT2D eigenvalue weighted by molar-refractivity contribution is 7.92. The molecule has 0 atom stereocenters. The summed E-state index contributed by atoms with van der Waals surface area (Å²) in [5.74, 6) is 0.672. The maximum Gasteiger partial charge on any atom is 0.268 e. The van der Waals surface area contributed by atoms with Crippen LogP contribution >= 0.6 is 11.3 Å². The normalized spacial score (nSPS) is 15.1. The van der Waals surface area contributed by atoms with Gasteiger partial charge in [-0.05, 0) is 55.1 Å². The zero-order valence-corrected chi connectivity index (χ0v) is 20.1. The molecule has 1 fully saturated rings. The van der Waals surface area contributed by atoms with E-state index in [0.29, 0.717) is 22.8 Å². The van der Waals surface area contributed by atoms with Crippen LogP contribution in [-0.4, -0.2) is 56.9 Å². The number of aryl methyl sites for hydroxylation is 2. The van der Waals surface area contributed by atoms with Gasteiger partial charge in [0.1, 0.15) is 10.6 Å². The van der Waals surface area contributed by atoms with Crippen molar-refractivity contribution < 1.29 is 17.9 Å². The van der Waals surface area contributed by atoms with Gasteiger partial charge in [-0.25, -0.2) is 8.42 Å². The Hall–Kier alpha value is -2.40. The summed E-state index contributed by atoms with van der Waals surface area (Å²) in [5.41, 5.74) is 2.75. The number of anilines is 1. The van der Waals surface area contributed by atoms with E-state index in [1.807, 2.05) is 0 Å². The van der Waals surface area contributed by atoms with E-state index in [1.165, 1.54) is 9.87 Å². The van der Waals surface area contributed by atoms with E-state index in [1.54, 1.807) is 56.6 Å². The van der Waals surface area contributed by atoms with Crippen molar-refractivity contribution in [1.29, 1.82) is 0 Å². The molecule has 2 aromatic heterocycles. The van der Waals surface area contributed by atoms with Crippen molar-refractivity contribution in [2.45, 2.75) is 31.8 Å². The first-order chi connectivity index (χ1) is 15.4. The maximum atomic E-state index is 13.7. The van der Waals surface area contributed by atoms with E-state index in [9.17, 15) is 8.42 Å². The van der Waals surface area contributed by atoms with Crippen molar-refractivity contribution in [1.82, 2.24) is 15.1 Å². The van der Waals surface area contributed by atoms with Crippen LogP contribution in [0.5, 0.6) is 5.75 Å². The fourth-order valence-electron chi connectivity index (χ4n) is 3.85. The van der Waals surface area contributed by atoms with Gasteiger partial charge in [0, 0.05) is 24.5 Å². The van der Waals surface area contributed by atoms with E-state index in [2.05, 4.69) is 26.5 Å². The number of aromatic nitrogens is 2. The summed E-state index contributed by atoms with van der Waals surface area (Å²) in [4.78, 5) is 3.55. The average molecular weight is 477 g/mol. The molecule has 0 bridgehead atoms. The molecule has 1 aromatic carbocycles. The monoisotopic (exact) mass is 476 g/mol. The highest BCUT2D eigenvalue weighted by Gasteiger charge is 2.30. The van der Waals surface area contributed by atoms with E-state index in [-0.39, 0.29) is 11.4 Å². The minimum atomic E-state index is -3.83. The Balaban J connectivity index is 1.64. The fourth-order valence-corrected chi connectivity index (χ4v) is 6.58. The van der Waals surface area contributed by atoms with Crippen LogP contribution in [0, 0.1) is 13.8 Å². The van der Waals surface area contributed by atoms with E-state index in [0.717, 1.165) is 37.7 Å². The van der Waals surface area contributed by atoms with Crippen LogP contribution in [0.15, 0.2) is 40.6 Å². The highest BCUT2D eigenvalue weighted by atomic mass is 32.2. The second-order valence-electron chi connectivity index (χ2n) is 7.78. The van der Waals surface area contributed by atoms with Crippen molar-refractivity contribution in [2.75, 3.05) is 37.7 Å². The van der Waals surface area contributed by atoms with Gasteiger partial charge in [-0.15, -0.1) is 11.3 Å². The minimum Gasteiger partial charge on any atom is -0.497 e. The zero-order chi connectivity index (χ0) is 22.7. The van der Waals surface area contributed by atoms with Gasteiger partial charge in [-0.3, -0.25) is 14.3 Å². The van der Waals surface area contributed by atoms with Gasteiger partial charge < -0.3 is 9.47 Å². The number of H-pyrrole nitrogens is 1. The Labute approximate surface area is 192 Å². The van der Waals surface area contributed by atoms with Crippen LogP contribution in [-0.2, 0) is 27.8 Å². The first kappa shape index (κ1) is 22.8. The summed E-state index contributed by atoms with van der Waals surface area (Å²) in [6.45, 7) is 7.85. The van der Waals surface area contributed by atoms with E-state index < -0.39 is 10.0 Å². The lowest BCUT2D eigenvalue weighted by molar-refractivity contribution is 0.0342. The summed E-state index contributed by atoms with van der Waals surface area (Å²) in [6, 6.07) is 9.17. The standard InChI is InChI=1S/C22H28N4O4S2/c1-16-22(17(2)24-23-16)32(27,28)26(19-4-6-20(29-3)7-5-19)14-21-12-18(15-31-21)13-25-8-10-30-11-9-25/h4-7,12,15H,8-11,13-14H2,1-3H3,(H,23,24). The molecule has 0 spiro atoms. The Morgan fingerprint density at radius 1 is 1.22 bits per heavy atom. The number of hydrogen-bond donors (Lipinski definition) is 1. The second-order valence-corrected chi connectivity index (χ2v) is 10.6. The molecular weight excluding hydrogens is 448 g/mol. The lowest BCUT2D eigenvalue weighted by Crippen LogP contribution is -2.35. The van der Waals surface area contributed by atoms with Crippen LogP contribution in [0.25, 0.3) is 0 Å². The molecule has 10 heteroatoms. The van der Waals surface area contributed by atoms with Crippen molar-refractivity contribution in [3.63, 3.8) is 0 Å². The number of thiophene rings is 1. The minimum absolute atomic E-state index is 0.221. The molecule has 172 valence electrons. The fraction of sp³-hybridized carbons (Fsp3) is 0.409. The molecule has 32 heavy (non-hydrogen) atoms. The molecule has 0 saturated carbocycles. The van der Waals surface area contributed by atoms with Crippen LogP contribution in [0.3, 0.4) is 0 Å². The number of nitrogens with one attached hydrogen (secondary N) is 1. The molecule has 1 saturated heterocycles. The number of sulfonamides is 1. The van der Waals surface area contributed by atoms with Crippen LogP contribution < -0.4 is 9.04 Å². The second kappa shape index (κ2) is 9.62. The number of rotatable bonds is 8. The number of morpholine rings is 1. The summed E-state index contributed by atoms with van der Waals surface area (Å²) >= 11 is 1.58. The SMILES string of the molecule is COc1ccc(N(Cc2cc(CN3CCOCC3)cs2)S(=O)(=O)c2c(C)n[nH]c2C)cc1. The first-order valence-corrected chi connectivity index (χ1v) is 12.7. The van der Waals surface area contributed by atoms with Crippen LogP contribution in [0.1, 0.15) is 21.8 Å². The Bertz CT molecular complexity index is 1130. The molecule has 0 aliphatic carbocycles. The van der Waals surface area contributed by atoms with Gasteiger partial charge in [0.15, 0.2) is 0 Å². The Kier molecular flexibility index (Phi) is 6.85. The van der Waals surface area contributed by atoms with Gasteiger partial charge in [-0.1, -0.05) is 0 Å².